The highest BCUT2D eigenvalue weighted by Gasteiger charge is 2.19. The van der Waals surface area contributed by atoms with Crippen molar-refractivity contribution in [1.82, 2.24) is 29.8 Å². The molecule has 4 aromatic carbocycles. The van der Waals surface area contributed by atoms with Crippen LogP contribution in [0.4, 0.5) is 0 Å². The van der Waals surface area contributed by atoms with E-state index in [1.807, 2.05) is 19.9 Å². The molecule has 0 radical (unpaired) electrons. The van der Waals surface area contributed by atoms with Gasteiger partial charge < -0.3 is 25.8 Å². The van der Waals surface area contributed by atoms with E-state index in [1.54, 1.807) is 23.8 Å². The predicted molar refractivity (Wildman–Crippen MR) is 183 cm³/mol. The lowest BCUT2D eigenvalue weighted by Crippen LogP contribution is -2.38. The molecule has 0 aliphatic carbocycles. The molecule has 6 aromatic rings. The quantitative estimate of drug-likeness (QED) is 0.142. The normalized spacial score (nSPS) is 10.8. The Kier molecular flexibility index (Phi) is 11.1. The molecule has 0 bridgehead atoms. The van der Waals surface area contributed by atoms with Crippen molar-refractivity contribution in [2.45, 2.75) is 47.1 Å². The van der Waals surface area contributed by atoms with Gasteiger partial charge in [0.15, 0.2) is 0 Å². The lowest BCUT2D eigenvalue weighted by molar-refractivity contribution is -0.132. The zero-order valence-corrected chi connectivity index (χ0v) is 27.0. The van der Waals surface area contributed by atoms with Gasteiger partial charge in [0.25, 0.3) is 0 Å². The standard InChI is InChI=1S/C30H29N7O2.C3H8.C2H6O/c1-3-12-36(28(39)15-32-17-38)16-27-35-26-11-7-22-14-20(5-9-24(22)30(26)37(27)31)19-4-8-23-21(13-19)6-10-25-29(23)34-18(2)33-25;2*1-3-2/h4-11,13-14,17H,3,12,15-16,31H2,1-2H3,(H,32,38)(H,33,34);3H2,1-2H3;1-2H3. The fourth-order valence-electron chi connectivity index (χ4n) is 5.34. The number of amides is 2. The van der Waals surface area contributed by atoms with Crippen LogP contribution >= 0.6 is 0 Å². The van der Waals surface area contributed by atoms with Crippen molar-refractivity contribution in [2.24, 2.45) is 0 Å². The number of benzene rings is 4. The maximum Gasteiger partial charge on any atom is 0.242 e. The minimum atomic E-state index is -0.177. The van der Waals surface area contributed by atoms with Crippen molar-refractivity contribution < 1.29 is 14.3 Å². The Balaban J connectivity index is 0.000000713. The van der Waals surface area contributed by atoms with Gasteiger partial charge in [-0.2, -0.15) is 0 Å². The van der Waals surface area contributed by atoms with Gasteiger partial charge in [0, 0.05) is 31.5 Å². The van der Waals surface area contributed by atoms with Crippen LogP contribution in [0.3, 0.4) is 0 Å². The molecule has 6 rings (SSSR count). The number of nitrogens with one attached hydrogen (secondary N) is 2. The van der Waals surface area contributed by atoms with Crippen LogP contribution in [0, 0.1) is 6.92 Å². The van der Waals surface area contributed by atoms with E-state index in [-0.39, 0.29) is 19.0 Å². The van der Waals surface area contributed by atoms with E-state index in [9.17, 15) is 9.59 Å². The zero-order chi connectivity index (χ0) is 32.5. The summed E-state index contributed by atoms with van der Waals surface area (Å²) < 4.78 is 5.83. The van der Waals surface area contributed by atoms with Crippen molar-refractivity contribution in [3.63, 3.8) is 0 Å². The summed E-state index contributed by atoms with van der Waals surface area (Å²) in [4.78, 5) is 37.6. The van der Waals surface area contributed by atoms with Gasteiger partial charge in [-0.1, -0.05) is 63.6 Å². The van der Waals surface area contributed by atoms with Crippen LogP contribution < -0.4 is 11.2 Å². The van der Waals surface area contributed by atoms with Crippen molar-refractivity contribution in [1.29, 1.82) is 0 Å². The minimum absolute atomic E-state index is 0.0546. The van der Waals surface area contributed by atoms with Crippen LogP contribution in [-0.2, 0) is 20.9 Å². The molecular formula is C35H43N7O3. The number of hydrogen-bond donors (Lipinski definition) is 3. The summed E-state index contributed by atoms with van der Waals surface area (Å²) in [7, 11) is 3.25. The predicted octanol–water partition coefficient (Wildman–Crippen LogP) is 6.07. The first-order chi connectivity index (χ1) is 21.8. The van der Waals surface area contributed by atoms with E-state index < -0.39 is 0 Å². The van der Waals surface area contributed by atoms with E-state index in [0.717, 1.165) is 67.0 Å². The third-order valence-electron chi connectivity index (χ3n) is 7.17. The van der Waals surface area contributed by atoms with Crippen LogP contribution in [0.1, 0.15) is 45.3 Å². The monoisotopic (exact) mass is 609 g/mol. The number of aromatic amines is 1. The molecule has 45 heavy (non-hydrogen) atoms. The van der Waals surface area contributed by atoms with E-state index in [4.69, 9.17) is 10.8 Å². The van der Waals surface area contributed by atoms with Crippen LogP contribution in [-0.4, -0.2) is 64.2 Å². The number of methoxy groups -OCH3 is 1. The van der Waals surface area contributed by atoms with Gasteiger partial charge in [0.2, 0.25) is 12.3 Å². The molecule has 2 heterocycles. The minimum Gasteiger partial charge on any atom is -0.388 e. The molecule has 0 saturated carbocycles. The SMILES string of the molecule is CCC.CCCN(Cc1nc2ccc3cc(-c4ccc5c(ccc6[nH]c(C)nc65)c4)ccc3c2n1N)C(=O)CNC=O.COC. The molecule has 0 unspecified atom stereocenters. The number of aryl methyl sites for hydroxylation is 1. The van der Waals surface area contributed by atoms with Crippen molar-refractivity contribution in [3.05, 3.63) is 72.3 Å². The number of fused-ring (bicyclic) bond motifs is 6. The average molecular weight is 610 g/mol. The van der Waals surface area contributed by atoms with Crippen LogP contribution in [0.2, 0.25) is 0 Å². The van der Waals surface area contributed by atoms with Gasteiger partial charge in [-0.3, -0.25) is 9.59 Å². The second-order valence-corrected chi connectivity index (χ2v) is 10.9. The number of imidazole rings is 2. The molecule has 2 amide bonds. The molecule has 10 heteroatoms. The number of carbonyl (C=O) groups is 2. The highest BCUT2D eigenvalue weighted by molar-refractivity contribution is 6.07. The largest absolute Gasteiger partial charge is 0.388 e. The highest BCUT2D eigenvalue weighted by atomic mass is 16.4. The Morgan fingerprint density at radius 3 is 2.24 bits per heavy atom. The number of nitrogens with zero attached hydrogens (tertiary/aromatic N) is 4. The average Bonchev–Trinajstić information content (AvgIpc) is 3.58. The van der Waals surface area contributed by atoms with Gasteiger partial charge in [-0.25, -0.2) is 14.6 Å². The number of rotatable bonds is 8. The summed E-state index contributed by atoms with van der Waals surface area (Å²) in [6.07, 6.45) is 2.56. The number of carbonyl (C=O) groups excluding carboxylic acids is 2. The maximum absolute atomic E-state index is 12.6. The number of ether oxygens (including phenoxy) is 1. The topological polar surface area (TPSA) is 131 Å². The summed E-state index contributed by atoms with van der Waals surface area (Å²) in [5.41, 5.74) is 5.85. The second kappa shape index (κ2) is 15.2. The number of nitrogens with two attached hydrogens (primary N) is 1. The highest BCUT2D eigenvalue weighted by Crippen LogP contribution is 2.32. The lowest BCUT2D eigenvalue weighted by Gasteiger charge is -2.21. The van der Waals surface area contributed by atoms with E-state index in [2.05, 4.69) is 88.5 Å². The Hall–Kier alpha value is -4.96. The molecule has 236 valence electrons. The summed E-state index contributed by atoms with van der Waals surface area (Å²) >= 11 is 0. The lowest BCUT2D eigenvalue weighted by atomic mass is 9.98. The van der Waals surface area contributed by atoms with Crippen molar-refractivity contribution in [2.75, 3.05) is 33.2 Å². The first kappa shape index (κ1) is 32.9. The molecule has 0 atom stereocenters. The summed E-state index contributed by atoms with van der Waals surface area (Å²) in [6.45, 7) is 8.97. The fourth-order valence-corrected chi connectivity index (χ4v) is 5.34. The molecule has 0 aliphatic heterocycles. The molecule has 0 spiro atoms. The molecule has 0 fully saturated rings. The zero-order valence-electron chi connectivity index (χ0n) is 27.0. The summed E-state index contributed by atoms with van der Waals surface area (Å²) in [5.74, 6) is 7.86. The van der Waals surface area contributed by atoms with Gasteiger partial charge in [0.1, 0.15) is 11.6 Å². The van der Waals surface area contributed by atoms with E-state index in [1.165, 1.54) is 6.42 Å². The molecule has 4 N–H and O–H groups in total. The second-order valence-electron chi connectivity index (χ2n) is 10.9. The Bertz CT molecular complexity index is 1920. The molecule has 0 aliphatic rings. The number of hydrogen-bond acceptors (Lipinski definition) is 6. The molecule has 2 aromatic heterocycles. The van der Waals surface area contributed by atoms with E-state index >= 15 is 0 Å². The van der Waals surface area contributed by atoms with Gasteiger partial charge in [0.05, 0.1) is 35.2 Å². The first-order valence-electron chi connectivity index (χ1n) is 15.2. The number of H-pyrrole nitrogens is 1. The third-order valence-corrected chi connectivity index (χ3v) is 7.17. The molecule has 0 saturated heterocycles. The van der Waals surface area contributed by atoms with E-state index in [0.29, 0.717) is 18.8 Å². The van der Waals surface area contributed by atoms with Crippen molar-refractivity contribution in [3.8, 4) is 11.1 Å². The Morgan fingerprint density at radius 1 is 0.978 bits per heavy atom. The third kappa shape index (κ3) is 7.24. The number of nitrogen functional groups attached to an aromatic ring is 1. The first-order valence-corrected chi connectivity index (χ1v) is 15.2. The van der Waals surface area contributed by atoms with Gasteiger partial charge >= 0.3 is 0 Å². The maximum atomic E-state index is 12.6. The molecular weight excluding hydrogens is 566 g/mol. The Labute approximate surface area is 263 Å². The van der Waals surface area contributed by atoms with Gasteiger partial charge in [-0.05, 0) is 59.5 Å². The van der Waals surface area contributed by atoms with Gasteiger partial charge in [-0.15, -0.1) is 0 Å². The van der Waals surface area contributed by atoms with Crippen molar-refractivity contribution >= 4 is 55.9 Å². The van der Waals surface area contributed by atoms with Crippen LogP contribution in [0.15, 0.2) is 60.7 Å². The number of aromatic nitrogens is 4. The van der Waals surface area contributed by atoms with Crippen LogP contribution in [0.25, 0.3) is 54.7 Å². The smallest absolute Gasteiger partial charge is 0.242 e. The van der Waals surface area contributed by atoms with Crippen LogP contribution in [0.5, 0.6) is 0 Å². The summed E-state index contributed by atoms with van der Waals surface area (Å²) in [5, 5.41) is 6.74. The summed E-state index contributed by atoms with van der Waals surface area (Å²) in [6, 6.07) is 21.0. The fraction of sp³-hybridized carbons (Fsp3) is 0.314. The Morgan fingerprint density at radius 2 is 1.60 bits per heavy atom. The molecule has 10 nitrogen and oxygen atoms in total.